The largest absolute Gasteiger partial charge is 0.475 e. The van der Waals surface area contributed by atoms with Crippen molar-refractivity contribution in [2.24, 2.45) is 20.9 Å². The van der Waals surface area contributed by atoms with Gasteiger partial charge in [-0.05, 0) is 19.3 Å². The van der Waals surface area contributed by atoms with Crippen molar-refractivity contribution in [3.63, 3.8) is 0 Å². The first-order valence-corrected chi connectivity index (χ1v) is 7.64. The third-order valence-electron chi connectivity index (χ3n) is 3.49. The molecule has 0 aliphatic carbocycles. The molecule has 0 saturated carbocycles. The Hall–Kier alpha value is -0.840. The quantitative estimate of drug-likeness (QED) is 0.782. The normalized spacial score (nSPS) is 31.1. The third-order valence-corrected chi connectivity index (χ3v) is 4.51. The van der Waals surface area contributed by atoms with Crippen molar-refractivity contribution in [3.8, 4) is 0 Å². The van der Waals surface area contributed by atoms with E-state index in [4.69, 9.17) is 4.74 Å². The molecule has 0 N–H and O–H groups in total. The van der Waals surface area contributed by atoms with Crippen LogP contribution in [0.1, 0.15) is 26.2 Å². The smallest absolute Gasteiger partial charge is 0.184 e. The van der Waals surface area contributed by atoms with E-state index in [2.05, 4.69) is 21.9 Å². The molecule has 0 bridgehead atoms. The molecule has 0 aromatic rings. The topological polar surface area (TPSA) is 46.3 Å². The van der Waals surface area contributed by atoms with Crippen molar-refractivity contribution < 1.29 is 4.74 Å². The zero-order valence-corrected chi connectivity index (χ0v) is 11.6. The zero-order valence-electron chi connectivity index (χ0n) is 10.8. The highest BCUT2D eigenvalue weighted by molar-refractivity contribution is 8.14. The van der Waals surface area contributed by atoms with Crippen LogP contribution in [0.3, 0.4) is 0 Å². The Bertz CT molecular complexity index is 416. The van der Waals surface area contributed by atoms with Crippen LogP contribution in [0.2, 0.25) is 0 Å². The molecule has 2 atom stereocenters. The summed E-state index contributed by atoms with van der Waals surface area (Å²) < 4.78 is 5.93. The van der Waals surface area contributed by atoms with E-state index >= 15 is 0 Å². The highest BCUT2D eigenvalue weighted by Crippen LogP contribution is 2.23. The van der Waals surface area contributed by atoms with Crippen LogP contribution in [0.4, 0.5) is 0 Å². The van der Waals surface area contributed by atoms with Gasteiger partial charge in [0.1, 0.15) is 6.10 Å². The second kappa shape index (κ2) is 5.43. The van der Waals surface area contributed by atoms with E-state index < -0.39 is 0 Å². The molecule has 3 heterocycles. The SMILES string of the molecule is CC1=NCC(CC2=NCC(CC3=NCCS3)O2)C1. The Kier molecular flexibility index (Phi) is 3.68. The molecular weight excluding hydrogens is 246 g/mol. The fourth-order valence-corrected chi connectivity index (χ4v) is 3.51. The molecule has 0 radical (unpaired) electrons. The monoisotopic (exact) mass is 265 g/mol. The molecule has 0 aromatic heterocycles. The molecule has 0 aromatic carbocycles. The number of thioether (sulfide) groups is 1. The predicted molar refractivity (Wildman–Crippen MR) is 77.3 cm³/mol. The van der Waals surface area contributed by atoms with Crippen molar-refractivity contribution in [1.29, 1.82) is 0 Å². The lowest BCUT2D eigenvalue weighted by atomic mass is 10.0. The first-order chi connectivity index (χ1) is 8.79. The first-order valence-electron chi connectivity index (χ1n) is 6.65. The predicted octanol–water partition coefficient (Wildman–Crippen LogP) is 2.19. The fraction of sp³-hybridized carbons (Fsp3) is 0.769. The summed E-state index contributed by atoms with van der Waals surface area (Å²) in [5, 5.41) is 1.25. The summed E-state index contributed by atoms with van der Waals surface area (Å²) in [4.78, 5) is 13.4. The van der Waals surface area contributed by atoms with Crippen molar-refractivity contribution in [3.05, 3.63) is 0 Å². The van der Waals surface area contributed by atoms with E-state index in [1.54, 1.807) is 0 Å². The van der Waals surface area contributed by atoms with Crippen molar-refractivity contribution in [2.75, 3.05) is 25.4 Å². The molecule has 98 valence electrons. The van der Waals surface area contributed by atoms with Crippen LogP contribution < -0.4 is 0 Å². The van der Waals surface area contributed by atoms with E-state index in [9.17, 15) is 0 Å². The Morgan fingerprint density at radius 1 is 1.22 bits per heavy atom. The van der Waals surface area contributed by atoms with Gasteiger partial charge in [0.05, 0.1) is 11.6 Å². The lowest BCUT2D eigenvalue weighted by Crippen LogP contribution is -2.17. The van der Waals surface area contributed by atoms with Crippen LogP contribution in [-0.4, -0.2) is 48.1 Å². The summed E-state index contributed by atoms with van der Waals surface area (Å²) in [5.41, 5.74) is 1.27. The second-order valence-corrected chi connectivity index (χ2v) is 6.32. The maximum atomic E-state index is 5.93. The van der Waals surface area contributed by atoms with Crippen LogP contribution in [0.25, 0.3) is 0 Å². The van der Waals surface area contributed by atoms with Crippen LogP contribution in [0, 0.1) is 5.92 Å². The number of rotatable bonds is 4. The number of hydrogen-bond acceptors (Lipinski definition) is 5. The maximum Gasteiger partial charge on any atom is 0.184 e. The molecule has 0 fully saturated rings. The number of hydrogen-bond donors (Lipinski definition) is 0. The Labute approximate surface area is 112 Å². The van der Waals surface area contributed by atoms with Gasteiger partial charge < -0.3 is 4.74 Å². The van der Waals surface area contributed by atoms with E-state index in [1.807, 2.05) is 11.8 Å². The first kappa shape index (κ1) is 12.2. The minimum absolute atomic E-state index is 0.229. The lowest BCUT2D eigenvalue weighted by molar-refractivity contribution is 0.224. The van der Waals surface area contributed by atoms with Gasteiger partial charge in [-0.1, -0.05) is 0 Å². The maximum absolute atomic E-state index is 5.93. The van der Waals surface area contributed by atoms with Gasteiger partial charge >= 0.3 is 0 Å². The number of ether oxygens (including phenoxy) is 1. The molecule has 5 heteroatoms. The van der Waals surface area contributed by atoms with Crippen LogP contribution >= 0.6 is 11.8 Å². The van der Waals surface area contributed by atoms with Gasteiger partial charge in [-0.15, -0.1) is 11.8 Å². The summed E-state index contributed by atoms with van der Waals surface area (Å²) in [7, 11) is 0. The zero-order chi connectivity index (χ0) is 12.4. The minimum Gasteiger partial charge on any atom is -0.475 e. The lowest BCUT2D eigenvalue weighted by Gasteiger charge is -2.12. The van der Waals surface area contributed by atoms with E-state index in [1.165, 1.54) is 10.8 Å². The molecular formula is C13H19N3OS. The highest BCUT2D eigenvalue weighted by atomic mass is 32.2. The van der Waals surface area contributed by atoms with E-state index in [0.717, 1.165) is 50.5 Å². The number of aliphatic imine (C=N–C) groups is 3. The average molecular weight is 265 g/mol. The van der Waals surface area contributed by atoms with Gasteiger partial charge in [-0.25, -0.2) is 0 Å². The van der Waals surface area contributed by atoms with Gasteiger partial charge in [0.2, 0.25) is 0 Å². The number of nitrogens with zero attached hydrogens (tertiary/aromatic N) is 3. The third kappa shape index (κ3) is 2.94. The van der Waals surface area contributed by atoms with Gasteiger partial charge in [0.25, 0.3) is 0 Å². The molecule has 0 spiro atoms. The molecule has 3 aliphatic heterocycles. The minimum atomic E-state index is 0.229. The van der Waals surface area contributed by atoms with Gasteiger partial charge in [-0.3, -0.25) is 15.0 Å². The molecule has 18 heavy (non-hydrogen) atoms. The Balaban J connectivity index is 1.43. The summed E-state index contributed by atoms with van der Waals surface area (Å²) in [6.07, 6.45) is 3.23. The van der Waals surface area contributed by atoms with Gasteiger partial charge in [0, 0.05) is 37.4 Å². The summed E-state index contributed by atoms with van der Waals surface area (Å²) >= 11 is 1.86. The van der Waals surface area contributed by atoms with Crippen LogP contribution in [0.15, 0.2) is 15.0 Å². The molecule has 4 nitrogen and oxygen atoms in total. The van der Waals surface area contributed by atoms with Gasteiger partial charge in [-0.2, -0.15) is 0 Å². The summed E-state index contributed by atoms with van der Waals surface area (Å²) in [6, 6.07) is 0. The van der Waals surface area contributed by atoms with Crippen molar-refractivity contribution in [2.45, 2.75) is 32.3 Å². The van der Waals surface area contributed by atoms with E-state index in [0.29, 0.717) is 5.92 Å². The summed E-state index contributed by atoms with van der Waals surface area (Å²) in [5.74, 6) is 2.69. The van der Waals surface area contributed by atoms with Crippen molar-refractivity contribution in [1.82, 2.24) is 0 Å². The summed E-state index contributed by atoms with van der Waals surface area (Å²) in [6.45, 7) is 4.83. The molecule has 0 saturated heterocycles. The fourth-order valence-electron chi connectivity index (χ4n) is 2.60. The highest BCUT2D eigenvalue weighted by Gasteiger charge is 2.26. The molecule has 2 unspecified atom stereocenters. The molecule has 3 aliphatic rings. The molecule has 3 rings (SSSR count). The average Bonchev–Trinajstić information content (AvgIpc) is 3.04. The van der Waals surface area contributed by atoms with E-state index in [-0.39, 0.29) is 6.10 Å². The van der Waals surface area contributed by atoms with Crippen LogP contribution in [-0.2, 0) is 4.74 Å². The second-order valence-electron chi connectivity index (χ2n) is 5.15. The molecule has 0 amide bonds. The Morgan fingerprint density at radius 3 is 2.89 bits per heavy atom. The van der Waals surface area contributed by atoms with Crippen LogP contribution in [0.5, 0.6) is 0 Å². The Morgan fingerprint density at radius 2 is 2.17 bits per heavy atom. The van der Waals surface area contributed by atoms with Gasteiger partial charge in [0.15, 0.2) is 5.90 Å². The standard InChI is InChI=1S/C13H19N3OS/c1-9-4-10(7-15-9)5-12-16-8-11(17-12)6-13-14-2-3-18-13/h10-11H,2-8H2,1H3. The van der Waals surface area contributed by atoms with Crippen molar-refractivity contribution >= 4 is 28.4 Å².